The summed E-state index contributed by atoms with van der Waals surface area (Å²) in [5, 5.41) is 0. The fourth-order valence-corrected chi connectivity index (χ4v) is 4.95. The molecular weight excluding hydrogens is 336 g/mol. The van der Waals surface area contributed by atoms with Crippen LogP contribution in [0.25, 0.3) is 0 Å². The lowest BCUT2D eigenvalue weighted by Gasteiger charge is -2.37. The molecule has 2 fully saturated rings. The van der Waals surface area contributed by atoms with Gasteiger partial charge < -0.3 is 4.74 Å². The van der Waals surface area contributed by atoms with E-state index in [9.17, 15) is 8.42 Å². The molecule has 1 aromatic carbocycles. The summed E-state index contributed by atoms with van der Waals surface area (Å²) < 4.78 is 32.2. The molecule has 0 spiro atoms. The third kappa shape index (κ3) is 3.99. The van der Waals surface area contributed by atoms with Crippen molar-refractivity contribution < 1.29 is 13.2 Å². The number of rotatable bonds is 4. The number of halogens is 1. The fraction of sp³-hybridized carbons (Fsp3) is 0.625. The number of piperazine rings is 1. The van der Waals surface area contributed by atoms with Crippen LogP contribution in [-0.2, 0) is 10.0 Å². The summed E-state index contributed by atoms with van der Waals surface area (Å²) in [5.74, 6) is 0.575. The molecule has 0 aromatic heterocycles. The second-order valence-electron chi connectivity index (χ2n) is 6.06. The van der Waals surface area contributed by atoms with Gasteiger partial charge in [0.25, 0.3) is 0 Å². The number of nitrogens with zero attached hydrogens (tertiary/aromatic N) is 2. The molecule has 0 N–H and O–H groups in total. The van der Waals surface area contributed by atoms with Gasteiger partial charge in [-0.05, 0) is 25.0 Å². The Bertz CT molecular complexity index is 610. The summed E-state index contributed by atoms with van der Waals surface area (Å²) in [6, 6.07) is 7.39. The van der Waals surface area contributed by atoms with Gasteiger partial charge in [0.1, 0.15) is 5.75 Å². The Morgan fingerprint density at radius 1 is 1.09 bits per heavy atom. The monoisotopic (exact) mass is 360 g/mol. The molecule has 23 heavy (non-hydrogen) atoms. The van der Waals surface area contributed by atoms with Gasteiger partial charge in [-0.25, -0.2) is 8.42 Å². The third-order valence-corrected chi connectivity index (χ3v) is 6.69. The standard InChI is InChI=1S/C16H24N2O3S.ClH/c1-21-15-7-4-8-16(13-15)22(19,20)18-11-9-17(10-12-18)14-5-2-3-6-14;/h4,7-8,13-14H,2-3,5-6,9-12H2,1H3;1H. The van der Waals surface area contributed by atoms with E-state index in [1.165, 1.54) is 25.7 Å². The summed E-state index contributed by atoms with van der Waals surface area (Å²) in [5.41, 5.74) is 0. The highest BCUT2D eigenvalue weighted by Gasteiger charge is 2.31. The largest absolute Gasteiger partial charge is 0.497 e. The predicted octanol–water partition coefficient (Wildman–Crippen LogP) is 2.37. The molecule has 7 heteroatoms. The highest BCUT2D eigenvalue weighted by atomic mass is 35.5. The van der Waals surface area contributed by atoms with Crippen molar-refractivity contribution in [1.29, 1.82) is 0 Å². The molecule has 1 aliphatic heterocycles. The van der Waals surface area contributed by atoms with E-state index in [1.807, 2.05) is 0 Å². The van der Waals surface area contributed by atoms with E-state index in [0.29, 0.717) is 29.8 Å². The van der Waals surface area contributed by atoms with Crippen LogP contribution in [-0.4, -0.2) is 57.0 Å². The molecule has 3 rings (SSSR count). The second-order valence-corrected chi connectivity index (χ2v) is 8.00. The molecule has 1 saturated heterocycles. The minimum atomic E-state index is -3.41. The lowest BCUT2D eigenvalue weighted by Crippen LogP contribution is -2.51. The number of hydrogen-bond donors (Lipinski definition) is 0. The number of methoxy groups -OCH3 is 1. The Labute approximate surface area is 145 Å². The second kappa shape index (κ2) is 7.83. The van der Waals surface area contributed by atoms with E-state index in [-0.39, 0.29) is 12.4 Å². The maximum absolute atomic E-state index is 12.7. The normalized spacial score (nSPS) is 21.1. The summed E-state index contributed by atoms with van der Waals surface area (Å²) in [4.78, 5) is 2.78. The van der Waals surface area contributed by atoms with Crippen molar-refractivity contribution in [3.8, 4) is 5.75 Å². The number of ether oxygens (including phenoxy) is 1. The van der Waals surface area contributed by atoms with Crippen LogP contribution in [0, 0.1) is 0 Å². The average molecular weight is 361 g/mol. The number of hydrogen-bond acceptors (Lipinski definition) is 4. The molecular formula is C16H25ClN2O3S. The van der Waals surface area contributed by atoms with Crippen LogP contribution >= 0.6 is 12.4 Å². The topological polar surface area (TPSA) is 49.9 Å². The molecule has 0 unspecified atom stereocenters. The first-order chi connectivity index (χ1) is 10.6. The lowest BCUT2D eigenvalue weighted by molar-refractivity contribution is 0.139. The Balaban J connectivity index is 0.00000192. The Morgan fingerprint density at radius 3 is 2.35 bits per heavy atom. The van der Waals surface area contributed by atoms with Gasteiger partial charge in [-0.15, -0.1) is 12.4 Å². The van der Waals surface area contributed by atoms with Gasteiger partial charge in [-0.3, -0.25) is 4.90 Å². The molecule has 1 saturated carbocycles. The van der Waals surface area contributed by atoms with Crippen LogP contribution < -0.4 is 4.74 Å². The number of sulfonamides is 1. The van der Waals surface area contributed by atoms with Crippen molar-refractivity contribution in [2.45, 2.75) is 36.6 Å². The van der Waals surface area contributed by atoms with Crippen LogP contribution in [0.1, 0.15) is 25.7 Å². The highest BCUT2D eigenvalue weighted by molar-refractivity contribution is 7.89. The van der Waals surface area contributed by atoms with Crippen molar-refractivity contribution in [3.63, 3.8) is 0 Å². The molecule has 0 atom stereocenters. The van der Waals surface area contributed by atoms with Crippen LogP contribution in [0.5, 0.6) is 5.75 Å². The summed E-state index contributed by atoms with van der Waals surface area (Å²) in [7, 11) is -1.87. The first kappa shape index (κ1) is 18.5. The molecule has 2 aliphatic rings. The molecule has 1 aromatic rings. The first-order valence-electron chi connectivity index (χ1n) is 7.99. The molecule has 1 aliphatic carbocycles. The molecule has 0 amide bonds. The van der Waals surface area contributed by atoms with Crippen LogP contribution in [0.3, 0.4) is 0 Å². The SMILES string of the molecule is COc1cccc(S(=O)(=O)N2CCN(C3CCCC3)CC2)c1.Cl. The van der Waals surface area contributed by atoms with Gasteiger partial charge in [0.15, 0.2) is 0 Å². The van der Waals surface area contributed by atoms with Gasteiger partial charge in [0.2, 0.25) is 10.0 Å². The average Bonchev–Trinajstić information content (AvgIpc) is 3.09. The zero-order valence-electron chi connectivity index (χ0n) is 13.5. The van der Waals surface area contributed by atoms with Crippen molar-refractivity contribution in [1.82, 2.24) is 9.21 Å². The van der Waals surface area contributed by atoms with E-state index in [1.54, 1.807) is 35.7 Å². The fourth-order valence-electron chi connectivity index (χ4n) is 3.49. The van der Waals surface area contributed by atoms with Crippen LogP contribution in [0.2, 0.25) is 0 Å². The molecule has 5 nitrogen and oxygen atoms in total. The van der Waals surface area contributed by atoms with Crippen molar-refractivity contribution in [2.75, 3.05) is 33.3 Å². The zero-order chi connectivity index (χ0) is 15.6. The summed E-state index contributed by atoms with van der Waals surface area (Å²) in [6.45, 7) is 2.84. The van der Waals surface area contributed by atoms with Crippen molar-refractivity contribution in [2.24, 2.45) is 0 Å². The maximum atomic E-state index is 12.7. The first-order valence-corrected chi connectivity index (χ1v) is 9.43. The quantitative estimate of drug-likeness (QED) is 0.827. The van der Waals surface area contributed by atoms with E-state index in [4.69, 9.17) is 4.74 Å². The van der Waals surface area contributed by atoms with E-state index in [0.717, 1.165) is 13.1 Å². The molecule has 0 bridgehead atoms. The lowest BCUT2D eigenvalue weighted by atomic mass is 10.2. The summed E-state index contributed by atoms with van der Waals surface area (Å²) >= 11 is 0. The van der Waals surface area contributed by atoms with Gasteiger partial charge in [0, 0.05) is 38.3 Å². The highest BCUT2D eigenvalue weighted by Crippen LogP contribution is 2.26. The number of benzene rings is 1. The van der Waals surface area contributed by atoms with Gasteiger partial charge in [0.05, 0.1) is 12.0 Å². The summed E-state index contributed by atoms with van der Waals surface area (Å²) in [6.07, 6.45) is 5.16. The smallest absolute Gasteiger partial charge is 0.243 e. The van der Waals surface area contributed by atoms with Crippen LogP contribution in [0.15, 0.2) is 29.2 Å². The Kier molecular flexibility index (Phi) is 6.31. The van der Waals surface area contributed by atoms with Gasteiger partial charge in [-0.2, -0.15) is 4.31 Å². The minimum absolute atomic E-state index is 0. The van der Waals surface area contributed by atoms with E-state index >= 15 is 0 Å². The Morgan fingerprint density at radius 2 is 1.74 bits per heavy atom. The van der Waals surface area contributed by atoms with E-state index in [2.05, 4.69) is 4.90 Å². The van der Waals surface area contributed by atoms with Crippen LogP contribution in [0.4, 0.5) is 0 Å². The third-order valence-electron chi connectivity index (χ3n) is 4.79. The maximum Gasteiger partial charge on any atom is 0.243 e. The molecule has 1 heterocycles. The van der Waals surface area contributed by atoms with Crippen molar-refractivity contribution >= 4 is 22.4 Å². The Hall–Kier alpha value is -0.820. The zero-order valence-corrected chi connectivity index (χ0v) is 15.1. The minimum Gasteiger partial charge on any atom is -0.497 e. The van der Waals surface area contributed by atoms with Gasteiger partial charge >= 0.3 is 0 Å². The van der Waals surface area contributed by atoms with Crippen molar-refractivity contribution in [3.05, 3.63) is 24.3 Å². The molecule has 130 valence electrons. The molecule has 0 radical (unpaired) electrons. The van der Waals surface area contributed by atoms with Gasteiger partial charge in [-0.1, -0.05) is 18.9 Å². The predicted molar refractivity (Wildman–Crippen MR) is 92.8 cm³/mol. The van der Waals surface area contributed by atoms with E-state index < -0.39 is 10.0 Å².